The third-order valence-electron chi connectivity index (χ3n) is 6.10. The average molecular weight is 466 g/mol. The summed E-state index contributed by atoms with van der Waals surface area (Å²) in [5, 5.41) is 7.06. The molecule has 3 aromatic rings. The summed E-state index contributed by atoms with van der Waals surface area (Å²) < 4.78 is 21.9. The zero-order chi connectivity index (χ0) is 23.9. The van der Waals surface area contributed by atoms with Crippen molar-refractivity contribution < 1.29 is 23.5 Å². The first-order chi connectivity index (χ1) is 16.5. The number of hydrogen-bond acceptors (Lipinski definition) is 7. The van der Waals surface area contributed by atoms with E-state index in [0.717, 1.165) is 41.4 Å². The van der Waals surface area contributed by atoms with Crippen LogP contribution in [0.15, 0.2) is 53.1 Å². The van der Waals surface area contributed by atoms with Crippen LogP contribution in [0.4, 0.5) is 0 Å². The van der Waals surface area contributed by atoms with Crippen LogP contribution in [0.1, 0.15) is 39.0 Å². The number of benzene rings is 2. The Labute approximate surface area is 199 Å². The van der Waals surface area contributed by atoms with Gasteiger partial charge in [-0.3, -0.25) is 9.69 Å². The molecule has 2 heterocycles. The summed E-state index contributed by atoms with van der Waals surface area (Å²) in [6, 6.07) is 15.2. The summed E-state index contributed by atoms with van der Waals surface area (Å²) in [5.74, 6) is 2.02. The van der Waals surface area contributed by atoms with Gasteiger partial charge in [0.25, 0.3) is 5.91 Å². The van der Waals surface area contributed by atoms with Gasteiger partial charge in [-0.05, 0) is 49.7 Å². The molecule has 0 spiro atoms. The lowest BCUT2D eigenvalue weighted by atomic mass is 10.0. The Kier molecular flexibility index (Phi) is 7.82. The van der Waals surface area contributed by atoms with E-state index < -0.39 is 0 Å². The van der Waals surface area contributed by atoms with E-state index in [9.17, 15) is 4.79 Å². The molecule has 0 bridgehead atoms. The van der Waals surface area contributed by atoms with Crippen molar-refractivity contribution in [1.29, 1.82) is 0 Å². The van der Waals surface area contributed by atoms with Crippen LogP contribution in [0.2, 0.25) is 0 Å². The molecule has 1 aliphatic rings. The van der Waals surface area contributed by atoms with E-state index >= 15 is 0 Å². The molecule has 8 heteroatoms. The number of ether oxygens (including phenoxy) is 3. The van der Waals surface area contributed by atoms with Gasteiger partial charge in [0.15, 0.2) is 0 Å². The maximum Gasteiger partial charge on any atom is 0.251 e. The fourth-order valence-electron chi connectivity index (χ4n) is 4.05. The van der Waals surface area contributed by atoms with Gasteiger partial charge in [0.1, 0.15) is 23.9 Å². The van der Waals surface area contributed by atoms with Crippen LogP contribution in [0.3, 0.4) is 0 Å². The molecule has 0 radical (unpaired) electrons. The van der Waals surface area contributed by atoms with Gasteiger partial charge in [-0.25, -0.2) is 0 Å². The molecular formula is C26H31N3O5. The van der Waals surface area contributed by atoms with Crippen molar-refractivity contribution in [2.75, 3.05) is 40.0 Å². The summed E-state index contributed by atoms with van der Waals surface area (Å²) in [6.45, 7) is 7.56. The highest BCUT2D eigenvalue weighted by molar-refractivity contribution is 5.94. The number of rotatable bonds is 9. The predicted molar refractivity (Wildman–Crippen MR) is 127 cm³/mol. The zero-order valence-electron chi connectivity index (χ0n) is 19.9. The molecule has 34 heavy (non-hydrogen) atoms. The third-order valence-corrected chi connectivity index (χ3v) is 6.10. The highest BCUT2D eigenvalue weighted by Crippen LogP contribution is 2.24. The first kappa shape index (κ1) is 23.8. The Morgan fingerprint density at radius 2 is 1.88 bits per heavy atom. The number of hydrogen-bond donors (Lipinski definition) is 1. The van der Waals surface area contributed by atoms with Crippen LogP contribution in [0.5, 0.6) is 11.5 Å². The maximum atomic E-state index is 13.0. The SMILES string of the molecule is COc1ccc(C(CNC(=O)c2cccc(OCc3c(C)noc3C)c2)N2CCOCC2)cc1. The van der Waals surface area contributed by atoms with Gasteiger partial charge in [-0.2, -0.15) is 0 Å². The molecule has 1 aromatic heterocycles. The highest BCUT2D eigenvalue weighted by Gasteiger charge is 2.23. The van der Waals surface area contributed by atoms with Crippen molar-refractivity contribution in [3.63, 3.8) is 0 Å². The molecule has 1 atom stereocenters. The Morgan fingerprint density at radius 3 is 2.56 bits per heavy atom. The minimum absolute atomic E-state index is 0.0396. The number of carbonyl (C=O) groups excluding carboxylic acids is 1. The number of morpholine rings is 1. The molecule has 8 nitrogen and oxygen atoms in total. The lowest BCUT2D eigenvalue weighted by molar-refractivity contribution is 0.0162. The number of aromatic nitrogens is 1. The quantitative estimate of drug-likeness (QED) is 0.516. The monoisotopic (exact) mass is 465 g/mol. The van der Waals surface area contributed by atoms with Gasteiger partial charge in [0.2, 0.25) is 0 Å². The van der Waals surface area contributed by atoms with E-state index in [1.807, 2.05) is 50.2 Å². The van der Waals surface area contributed by atoms with Crippen LogP contribution in [-0.4, -0.2) is 55.9 Å². The second kappa shape index (κ2) is 11.2. The largest absolute Gasteiger partial charge is 0.497 e. The normalized spacial score (nSPS) is 15.0. The Bertz CT molecular complexity index is 1070. The van der Waals surface area contributed by atoms with E-state index in [0.29, 0.717) is 37.7 Å². The minimum atomic E-state index is -0.144. The highest BCUT2D eigenvalue weighted by atomic mass is 16.5. The fourth-order valence-corrected chi connectivity index (χ4v) is 4.05. The van der Waals surface area contributed by atoms with Gasteiger partial charge in [-0.15, -0.1) is 0 Å². The molecule has 1 N–H and O–H groups in total. The predicted octanol–water partition coefficient (Wildman–Crippen LogP) is 3.68. The molecule has 2 aromatic carbocycles. The van der Waals surface area contributed by atoms with Crippen LogP contribution >= 0.6 is 0 Å². The molecule has 1 unspecified atom stereocenters. The van der Waals surface area contributed by atoms with Gasteiger partial charge in [-0.1, -0.05) is 23.4 Å². The summed E-state index contributed by atoms with van der Waals surface area (Å²) >= 11 is 0. The number of aryl methyl sites for hydroxylation is 2. The van der Waals surface area contributed by atoms with Crippen molar-refractivity contribution >= 4 is 5.91 Å². The summed E-state index contributed by atoms with van der Waals surface area (Å²) in [7, 11) is 1.65. The fraction of sp³-hybridized carbons (Fsp3) is 0.385. The molecule has 1 saturated heterocycles. The average Bonchev–Trinajstić information content (AvgIpc) is 3.20. The van der Waals surface area contributed by atoms with E-state index in [4.69, 9.17) is 18.7 Å². The first-order valence-electron chi connectivity index (χ1n) is 11.4. The summed E-state index contributed by atoms with van der Waals surface area (Å²) in [6.07, 6.45) is 0. The molecule has 0 saturated carbocycles. The Morgan fingerprint density at radius 1 is 1.12 bits per heavy atom. The lowest BCUT2D eigenvalue weighted by Gasteiger charge is -2.35. The molecule has 180 valence electrons. The molecule has 1 amide bonds. The molecule has 1 fully saturated rings. The second-order valence-corrected chi connectivity index (χ2v) is 8.27. The smallest absolute Gasteiger partial charge is 0.251 e. The van der Waals surface area contributed by atoms with Crippen LogP contribution < -0.4 is 14.8 Å². The van der Waals surface area contributed by atoms with Crippen LogP contribution in [0, 0.1) is 13.8 Å². The number of nitrogens with one attached hydrogen (secondary N) is 1. The van der Waals surface area contributed by atoms with E-state index in [2.05, 4.69) is 15.4 Å². The summed E-state index contributed by atoms with van der Waals surface area (Å²) in [4.78, 5) is 15.3. The van der Waals surface area contributed by atoms with Crippen molar-refractivity contribution in [1.82, 2.24) is 15.4 Å². The van der Waals surface area contributed by atoms with Crippen molar-refractivity contribution in [3.8, 4) is 11.5 Å². The van der Waals surface area contributed by atoms with Crippen molar-refractivity contribution in [2.24, 2.45) is 0 Å². The maximum absolute atomic E-state index is 13.0. The number of nitrogens with zero attached hydrogens (tertiary/aromatic N) is 2. The van der Waals surface area contributed by atoms with Crippen molar-refractivity contribution in [2.45, 2.75) is 26.5 Å². The van der Waals surface area contributed by atoms with Gasteiger partial charge in [0.05, 0.1) is 37.6 Å². The van der Waals surface area contributed by atoms with Crippen molar-refractivity contribution in [3.05, 3.63) is 76.7 Å². The van der Waals surface area contributed by atoms with Crippen LogP contribution in [0.25, 0.3) is 0 Å². The first-order valence-corrected chi connectivity index (χ1v) is 11.4. The number of carbonyl (C=O) groups is 1. The number of methoxy groups -OCH3 is 1. The van der Waals surface area contributed by atoms with Gasteiger partial charge < -0.3 is 24.1 Å². The van der Waals surface area contributed by atoms with Crippen LogP contribution in [-0.2, 0) is 11.3 Å². The third kappa shape index (κ3) is 5.76. The zero-order valence-corrected chi connectivity index (χ0v) is 19.9. The standard InChI is InChI=1S/C26H31N3O5/c1-18-24(19(2)34-28-18)17-33-23-6-4-5-21(15-23)26(30)27-16-25(29-11-13-32-14-12-29)20-7-9-22(31-3)10-8-20/h4-10,15,25H,11-14,16-17H2,1-3H3,(H,27,30). The minimum Gasteiger partial charge on any atom is -0.497 e. The summed E-state index contributed by atoms with van der Waals surface area (Å²) in [5.41, 5.74) is 3.40. The molecule has 0 aliphatic carbocycles. The topological polar surface area (TPSA) is 86.1 Å². The van der Waals surface area contributed by atoms with Gasteiger partial charge >= 0.3 is 0 Å². The lowest BCUT2D eigenvalue weighted by Crippen LogP contribution is -2.43. The van der Waals surface area contributed by atoms with Gasteiger partial charge in [0, 0.05) is 25.2 Å². The Balaban J connectivity index is 1.42. The molecule has 1 aliphatic heterocycles. The van der Waals surface area contributed by atoms with E-state index in [1.165, 1.54) is 0 Å². The molecular weight excluding hydrogens is 434 g/mol. The molecule has 4 rings (SSSR count). The second-order valence-electron chi connectivity index (χ2n) is 8.27. The Hall–Kier alpha value is -3.36. The van der Waals surface area contributed by atoms with E-state index in [-0.39, 0.29) is 11.9 Å². The number of amides is 1. The van der Waals surface area contributed by atoms with E-state index in [1.54, 1.807) is 19.2 Å².